The Balaban J connectivity index is 2.91. The second kappa shape index (κ2) is 4.19. The number of pyridine rings is 1. The molecule has 1 aromatic heterocycles. The Morgan fingerprint density at radius 1 is 1.43 bits per heavy atom. The first-order chi connectivity index (χ1) is 6.59. The van der Waals surface area contributed by atoms with Crippen molar-refractivity contribution in [2.45, 2.75) is 6.92 Å². The summed E-state index contributed by atoms with van der Waals surface area (Å²) in [6, 6.07) is 3.16. The van der Waals surface area contributed by atoms with E-state index >= 15 is 0 Å². The number of rotatable bonds is 1. The molecule has 1 heterocycles. The van der Waals surface area contributed by atoms with Crippen LogP contribution in [-0.4, -0.2) is 16.7 Å². The van der Waals surface area contributed by atoms with Crippen LogP contribution < -0.4 is 5.73 Å². The highest BCUT2D eigenvalue weighted by atomic mass is 16.1. The van der Waals surface area contributed by atoms with Crippen LogP contribution in [-0.2, 0) is 4.79 Å². The molecule has 70 valence electrons. The number of nitrogens with zero attached hydrogens (tertiary/aromatic N) is 1. The summed E-state index contributed by atoms with van der Waals surface area (Å²) in [7, 11) is 0. The summed E-state index contributed by atoms with van der Waals surface area (Å²) in [6.07, 6.45) is 1.41. The van der Waals surface area contributed by atoms with Crippen molar-refractivity contribution >= 4 is 11.7 Å². The molecule has 0 fully saturated rings. The van der Waals surface area contributed by atoms with Gasteiger partial charge in [0.15, 0.2) is 5.78 Å². The third-order valence-corrected chi connectivity index (χ3v) is 1.48. The first-order valence-corrected chi connectivity index (χ1v) is 3.88. The van der Waals surface area contributed by atoms with Gasteiger partial charge in [-0.2, -0.15) is 0 Å². The standard InChI is InChI=1S/C10H8N2O2/c1-7(13)8-2-3-9(12-6-8)4-5-10(11)14/h2-3,6H,1H3,(H2,11,14). The van der Waals surface area contributed by atoms with E-state index in [9.17, 15) is 9.59 Å². The lowest BCUT2D eigenvalue weighted by molar-refractivity contribution is -0.112. The number of primary amides is 1. The Morgan fingerprint density at radius 3 is 2.57 bits per heavy atom. The quantitative estimate of drug-likeness (QED) is 0.502. The van der Waals surface area contributed by atoms with Gasteiger partial charge < -0.3 is 5.73 Å². The number of ketones is 1. The lowest BCUT2D eigenvalue weighted by Crippen LogP contribution is -2.06. The minimum absolute atomic E-state index is 0.0630. The maximum Gasteiger partial charge on any atom is 0.293 e. The van der Waals surface area contributed by atoms with Crippen molar-refractivity contribution in [3.63, 3.8) is 0 Å². The van der Waals surface area contributed by atoms with Crippen LogP contribution in [0.5, 0.6) is 0 Å². The molecule has 1 amide bonds. The van der Waals surface area contributed by atoms with Crippen LogP contribution in [0.3, 0.4) is 0 Å². The molecular weight excluding hydrogens is 180 g/mol. The van der Waals surface area contributed by atoms with E-state index in [1.165, 1.54) is 13.1 Å². The van der Waals surface area contributed by atoms with E-state index in [4.69, 9.17) is 5.73 Å². The summed E-state index contributed by atoms with van der Waals surface area (Å²) < 4.78 is 0. The zero-order chi connectivity index (χ0) is 10.6. The number of carbonyl (C=O) groups excluding carboxylic acids is 2. The zero-order valence-corrected chi connectivity index (χ0v) is 7.57. The lowest BCUT2D eigenvalue weighted by atomic mass is 10.2. The summed E-state index contributed by atoms with van der Waals surface area (Å²) in [5.74, 6) is 3.85. The molecule has 0 aliphatic rings. The number of nitrogens with two attached hydrogens (primary N) is 1. The lowest BCUT2D eigenvalue weighted by Gasteiger charge is -1.93. The Kier molecular flexibility index (Phi) is 2.97. The fourth-order valence-corrected chi connectivity index (χ4v) is 0.802. The molecule has 4 nitrogen and oxygen atoms in total. The van der Waals surface area contributed by atoms with Crippen LogP contribution in [0.4, 0.5) is 0 Å². The number of amides is 1. The third kappa shape index (κ3) is 2.72. The van der Waals surface area contributed by atoms with Crippen molar-refractivity contribution in [1.29, 1.82) is 0 Å². The maximum atomic E-state index is 10.9. The molecule has 1 aromatic rings. The molecule has 0 radical (unpaired) electrons. The molecule has 4 heteroatoms. The van der Waals surface area contributed by atoms with E-state index < -0.39 is 5.91 Å². The molecule has 0 saturated heterocycles. The SMILES string of the molecule is CC(=O)c1ccc(C#CC(N)=O)nc1. The number of hydrogen-bond donors (Lipinski definition) is 1. The topological polar surface area (TPSA) is 73.1 Å². The Labute approximate surface area is 81.1 Å². The van der Waals surface area contributed by atoms with E-state index in [-0.39, 0.29) is 5.78 Å². The van der Waals surface area contributed by atoms with Gasteiger partial charge in [0.2, 0.25) is 0 Å². The molecule has 0 spiro atoms. The fraction of sp³-hybridized carbons (Fsp3) is 0.100. The molecular formula is C10H8N2O2. The Morgan fingerprint density at radius 2 is 2.14 bits per heavy atom. The number of carbonyl (C=O) groups is 2. The van der Waals surface area contributed by atoms with Crippen molar-refractivity contribution in [2.24, 2.45) is 5.73 Å². The predicted molar refractivity (Wildman–Crippen MR) is 50.3 cm³/mol. The van der Waals surface area contributed by atoms with Crippen molar-refractivity contribution < 1.29 is 9.59 Å². The van der Waals surface area contributed by atoms with Crippen LogP contribution in [0.25, 0.3) is 0 Å². The molecule has 0 aliphatic heterocycles. The highest BCUT2D eigenvalue weighted by Gasteiger charge is 1.97. The summed E-state index contributed by atoms with van der Waals surface area (Å²) in [5, 5.41) is 0. The highest BCUT2D eigenvalue weighted by molar-refractivity contribution is 5.94. The molecule has 14 heavy (non-hydrogen) atoms. The van der Waals surface area contributed by atoms with E-state index in [0.29, 0.717) is 11.3 Å². The first-order valence-electron chi connectivity index (χ1n) is 3.88. The van der Waals surface area contributed by atoms with Crippen molar-refractivity contribution in [1.82, 2.24) is 4.98 Å². The van der Waals surface area contributed by atoms with Gasteiger partial charge in [-0.25, -0.2) is 4.98 Å². The molecule has 0 aromatic carbocycles. The Bertz CT molecular complexity index is 424. The van der Waals surface area contributed by atoms with Crippen LogP contribution in [0.15, 0.2) is 18.3 Å². The highest BCUT2D eigenvalue weighted by Crippen LogP contribution is 1.99. The average molecular weight is 188 g/mol. The van der Waals surface area contributed by atoms with Gasteiger partial charge in [-0.15, -0.1) is 0 Å². The third-order valence-electron chi connectivity index (χ3n) is 1.48. The monoisotopic (exact) mass is 188 g/mol. The average Bonchev–Trinajstić information content (AvgIpc) is 2.15. The first kappa shape index (κ1) is 9.93. The fourth-order valence-electron chi connectivity index (χ4n) is 0.802. The largest absolute Gasteiger partial charge is 0.359 e. The Hall–Kier alpha value is -2.15. The van der Waals surface area contributed by atoms with Crippen LogP contribution in [0, 0.1) is 11.8 Å². The summed E-state index contributed by atoms with van der Waals surface area (Å²) in [5.41, 5.74) is 5.74. The van der Waals surface area contributed by atoms with Gasteiger partial charge in [-0.05, 0) is 25.0 Å². The number of aromatic nitrogens is 1. The molecule has 0 unspecified atom stereocenters. The smallest absolute Gasteiger partial charge is 0.293 e. The van der Waals surface area contributed by atoms with Gasteiger partial charge in [0, 0.05) is 17.7 Å². The maximum absolute atomic E-state index is 10.9. The van der Waals surface area contributed by atoms with Gasteiger partial charge in [-0.1, -0.05) is 0 Å². The molecule has 1 rings (SSSR count). The molecule has 0 atom stereocenters. The summed E-state index contributed by atoms with van der Waals surface area (Å²) >= 11 is 0. The van der Waals surface area contributed by atoms with Crippen molar-refractivity contribution in [2.75, 3.05) is 0 Å². The van der Waals surface area contributed by atoms with Crippen molar-refractivity contribution in [3.8, 4) is 11.8 Å². The number of hydrogen-bond acceptors (Lipinski definition) is 3. The summed E-state index contributed by atoms with van der Waals surface area (Å²) in [6.45, 7) is 1.45. The van der Waals surface area contributed by atoms with Gasteiger partial charge in [0.05, 0.1) is 0 Å². The molecule has 0 bridgehead atoms. The second-order valence-electron chi connectivity index (χ2n) is 2.60. The van der Waals surface area contributed by atoms with E-state index in [1.54, 1.807) is 12.1 Å². The van der Waals surface area contributed by atoms with Crippen LogP contribution in [0.1, 0.15) is 23.0 Å². The van der Waals surface area contributed by atoms with E-state index in [2.05, 4.69) is 16.8 Å². The van der Waals surface area contributed by atoms with E-state index in [0.717, 1.165) is 0 Å². The van der Waals surface area contributed by atoms with E-state index in [1.807, 2.05) is 0 Å². The zero-order valence-electron chi connectivity index (χ0n) is 7.57. The molecule has 2 N–H and O–H groups in total. The minimum atomic E-state index is -0.706. The van der Waals surface area contributed by atoms with Crippen LogP contribution in [0.2, 0.25) is 0 Å². The molecule has 0 saturated carbocycles. The predicted octanol–water partition coefficient (Wildman–Crippen LogP) is 0.121. The van der Waals surface area contributed by atoms with Gasteiger partial charge in [-0.3, -0.25) is 9.59 Å². The normalized spacial score (nSPS) is 8.64. The molecule has 0 aliphatic carbocycles. The van der Waals surface area contributed by atoms with Crippen LogP contribution >= 0.6 is 0 Å². The second-order valence-corrected chi connectivity index (χ2v) is 2.60. The number of Topliss-reactive ketones (excluding diaryl/α,β-unsaturated/α-hetero) is 1. The van der Waals surface area contributed by atoms with Gasteiger partial charge in [0.25, 0.3) is 5.91 Å². The van der Waals surface area contributed by atoms with Gasteiger partial charge in [0.1, 0.15) is 5.69 Å². The van der Waals surface area contributed by atoms with Gasteiger partial charge >= 0.3 is 0 Å². The van der Waals surface area contributed by atoms with Crippen molar-refractivity contribution in [3.05, 3.63) is 29.6 Å². The summed E-state index contributed by atoms with van der Waals surface area (Å²) in [4.78, 5) is 25.1. The minimum Gasteiger partial charge on any atom is -0.359 e.